The number of hydrogen-bond donors (Lipinski definition) is 0. The molecule has 0 bridgehead atoms. The van der Waals surface area contributed by atoms with E-state index in [9.17, 15) is 0 Å². The van der Waals surface area contributed by atoms with Crippen molar-refractivity contribution in [3.8, 4) is 11.1 Å². The Bertz CT molecular complexity index is 3090. The molecule has 0 aliphatic carbocycles. The van der Waals surface area contributed by atoms with Gasteiger partial charge in [-0.3, -0.25) is 0 Å². The topological polar surface area (TPSA) is 29.5 Å². The maximum absolute atomic E-state index is 6.62. The average Bonchev–Trinajstić information content (AvgIpc) is 3.87. The van der Waals surface area contributed by atoms with E-state index in [0.29, 0.717) is 0 Å². The van der Waals surface area contributed by atoms with Gasteiger partial charge in [0, 0.05) is 31.9 Å². The maximum Gasteiger partial charge on any atom is 0.147 e. The van der Waals surface area contributed by atoms with Gasteiger partial charge in [0.25, 0.3) is 0 Å². The minimum absolute atomic E-state index is 0.810. The Labute approximate surface area is 290 Å². The fourth-order valence-corrected chi connectivity index (χ4v) is 9.12. The summed E-state index contributed by atoms with van der Waals surface area (Å²) in [6.45, 7) is 0. The van der Waals surface area contributed by atoms with Crippen molar-refractivity contribution < 1.29 is 8.83 Å². The Morgan fingerprint density at radius 1 is 0.380 bits per heavy atom. The standard InChI is InChI=1S/C46H27NO2S/c1-2-10-28(11-3-1)29-20-23-31(24-21-29)47(38-17-8-15-35-36-25-22-30-12-4-5-13-32(30)45(36)50-46(35)38)37-16-9-19-40-42(37)43-41(48-40)27-26-34-33-14-6-7-18-39(33)49-44(34)43/h1-27H. The van der Waals surface area contributed by atoms with E-state index in [1.165, 1.54) is 42.1 Å². The fourth-order valence-electron chi connectivity index (χ4n) is 7.78. The van der Waals surface area contributed by atoms with E-state index in [4.69, 9.17) is 8.83 Å². The summed E-state index contributed by atoms with van der Waals surface area (Å²) in [4.78, 5) is 2.41. The van der Waals surface area contributed by atoms with Crippen LogP contribution >= 0.6 is 11.3 Å². The number of thiophene rings is 1. The largest absolute Gasteiger partial charge is 0.456 e. The third-order valence-corrected chi connectivity index (χ3v) is 11.3. The van der Waals surface area contributed by atoms with Crippen molar-refractivity contribution in [3.63, 3.8) is 0 Å². The molecule has 8 aromatic carbocycles. The molecule has 0 atom stereocenters. The van der Waals surface area contributed by atoms with Crippen LogP contribution in [0.25, 0.3) is 85.9 Å². The minimum Gasteiger partial charge on any atom is -0.456 e. The first-order valence-electron chi connectivity index (χ1n) is 16.8. The van der Waals surface area contributed by atoms with Crippen LogP contribution < -0.4 is 4.90 Å². The zero-order chi connectivity index (χ0) is 32.8. The van der Waals surface area contributed by atoms with Crippen molar-refractivity contribution in [2.75, 3.05) is 4.90 Å². The summed E-state index contributed by atoms with van der Waals surface area (Å²) in [7, 11) is 0. The first kappa shape index (κ1) is 27.6. The van der Waals surface area contributed by atoms with Gasteiger partial charge in [-0.05, 0) is 70.4 Å². The highest BCUT2D eigenvalue weighted by Gasteiger charge is 2.25. The van der Waals surface area contributed by atoms with Crippen molar-refractivity contribution in [2.24, 2.45) is 0 Å². The Balaban J connectivity index is 1.23. The van der Waals surface area contributed by atoms with Crippen LogP contribution in [0.3, 0.4) is 0 Å². The minimum atomic E-state index is 0.810. The van der Waals surface area contributed by atoms with Crippen LogP contribution in [0.5, 0.6) is 0 Å². The Morgan fingerprint density at radius 3 is 1.94 bits per heavy atom. The highest BCUT2D eigenvalue weighted by molar-refractivity contribution is 7.27. The quantitative estimate of drug-likeness (QED) is 0.189. The molecule has 0 radical (unpaired) electrons. The van der Waals surface area contributed by atoms with E-state index in [1.54, 1.807) is 0 Å². The lowest BCUT2D eigenvalue weighted by Gasteiger charge is -2.27. The van der Waals surface area contributed by atoms with Gasteiger partial charge in [0.2, 0.25) is 0 Å². The number of furan rings is 2. The Kier molecular flexibility index (Phi) is 5.83. The first-order valence-corrected chi connectivity index (χ1v) is 17.7. The summed E-state index contributed by atoms with van der Waals surface area (Å²) < 4.78 is 15.8. The van der Waals surface area contributed by atoms with E-state index in [-0.39, 0.29) is 0 Å². The second-order valence-corrected chi connectivity index (χ2v) is 13.9. The number of nitrogens with zero attached hydrogens (tertiary/aromatic N) is 1. The monoisotopic (exact) mass is 657 g/mol. The number of rotatable bonds is 4. The molecule has 0 spiro atoms. The molecule has 11 rings (SSSR count). The first-order chi connectivity index (χ1) is 24.8. The van der Waals surface area contributed by atoms with Crippen LogP contribution in [0.15, 0.2) is 173 Å². The van der Waals surface area contributed by atoms with Gasteiger partial charge in [0.1, 0.15) is 22.3 Å². The SMILES string of the molecule is c1ccc(-c2ccc(N(c3cccc4c3sc3c5ccccc5ccc43)c3cccc4oc5ccc6c7ccccc7oc6c5c34)cc2)cc1. The normalized spacial score (nSPS) is 12.0. The molecule has 11 aromatic rings. The van der Waals surface area contributed by atoms with Gasteiger partial charge in [-0.15, -0.1) is 11.3 Å². The number of para-hydroxylation sites is 1. The van der Waals surface area contributed by atoms with Crippen LogP contribution in [0, 0.1) is 0 Å². The van der Waals surface area contributed by atoms with Crippen LogP contribution in [0.4, 0.5) is 17.1 Å². The number of hydrogen-bond acceptors (Lipinski definition) is 4. The molecule has 234 valence electrons. The van der Waals surface area contributed by atoms with Crippen molar-refractivity contribution in [3.05, 3.63) is 164 Å². The lowest BCUT2D eigenvalue weighted by atomic mass is 10.0. The molecule has 0 aliphatic rings. The zero-order valence-corrected chi connectivity index (χ0v) is 27.6. The van der Waals surface area contributed by atoms with Crippen LogP contribution in [-0.2, 0) is 0 Å². The van der Waals surface area contributed by atoms with Crippen molar-refractivity contribution in [2.45, 2.75) is 0 Å². The molecule has 0 unspecified atom stereocenters. The van der Waals surface area contributed by atoms with Gasteiger partial charge in [0.05, 0.1) is 26.8 Å². The second kappa shape index (κ2) is 10.6. The molecule has 0 saturated carbocycles. The van der Waals surface area contributed by atoms with E-state index in [2.05, 4.69) is 157 Å². The van der Waals surface area contributed by atoms with Gasteiger partial charge < -0.3 is 13.7 Å². The van der Waals surface area contributed by atoms with Gasteiger partial charge in [-0.25, -0.2) is 0 Å². The molecule has 0 fully saturated rings. The number of fused-ring (bicyclic) bond motifs is 12. The molecule has 3 heterocycles. The second-order valence-electron chi connectivity index (χ2n) is 12.8. The van der Waals surface area contributed by atoms with Gasteiger partial charge >= 0.3 is 0 Å². The molecular weight excluding hydrogens is 631 g/mol. The highest BCUT2D eigenvalue weighted by Crippen LogP contribution is 2.50. The van der Waals surface area contributed by atoms with Gasteiger partial charge in [0.15, 0.2) is 0 Å². The summed E-state index contributed by atoms with van der Waals surface area (Å²) in [5, 5.41) is 9.28. The van der Waals surface area contributed by atoms with Gasteiger partial charge in [-0.1, -0.05) is 115 Å². The molecule has 3 nitrogen and oxygen atoms in total. The smallest absolute Gasteiger partial charge is 0.147 e. The average molecular weight is 658 g/mol. The lowest BCUT2D eigenvalue weighted by molar-refractivity contribution is 0.663. The van der Waals surface area contributed by atoms with E-state index < -0.39 is 0 Å². The van der Waals surface area contributed by atoms with E-state index in [0.717, 1.165) is 60.9 Å². The summed E-state index contributed by atoms with van der Waals surface area (Å²) in [6.07, 6.45) is 0. The Morgan fingerprint density at radius 2 is 1.04 bits per heavy atom. The highest BCUT2D eigenvalue weighted by atomic mass is 32.1. The summed E-state index contributed by atoms with van der Waals surface area (Å²) in [6, 6.07) is 58.2. The lowest BCUT2D eigenvalue weighted by Crippen LogP contribution is -2.10. The van der Waals surface area contributed by atoms with Crippen molar-refractivity contribution in [1.29, 1.82) is 0 Å². The summed E-state index contributed by atoms with van der Waals surface area (Å²) in [5.74, 6) is 0. The molecule has 0 saturated heterocycles. The molecular formula is C46H27NO2S. The molecule has 4 heteroatoms. The molecule has 0 amide bonds. The van der Waals surface area contributed by atoms with Crippen LogP contribution in [0.1, 0.15) is 0 Å². The third kappa shape index (κ3) is 3.97. The van der Waals surface area contributed by atoms with Crippen molar-refractivity contribution in [1.82, 2.24) is 0 Å². The van der Waals surface area contributed by atoms with Crippen molar-refractivity contribution >= 4 is 103 Å². The molecule has 50 heavy (non-hydrogen) atoms. The summed E-state index contributed by atoms with van der Waals surface area (Å²) >= 11 is 1.87. The maximum atomic E-state index is 6.62. The van der Waals surface area contributed by atoms with Crippen LogP contribution in [0.2, 0.25) is 0 Å². The Hall–Kier alpha value is -6.36. The fraction of sp³-hybridized carbons (Fsp3) is 0. The predicted octanol–water partition coefficient (Wildman–Crippen LogP) is 14.1. The predicted molar refractivity (Wildman–Crippen MR) is 212 cm³/mol. The van der Waals surface area contributed by atoms with E-state index >= 15 is 0 Å². The van der Waals surface area contributed by atoms with Gasteiger partial charge in [-0.2, -0.15) is 0 Å². The van der Waals surface area contributed by atoms with Crippen LogP contribution in [-0.4, -0.2) is 0 Å². The number of benzene rings is 8. The third-order valence-electron chi connectivity index (χ3n) is 10.1. The molecule has 0 N–H and O–H groups in total. The summed E-state index contributed by atoms with van der Waals surface area (Å²) in [5.41, 5.74) is 8.96. The zero-order valence-electron chi connectivity index (χ0n) is 26.8. The molecule has 3 aromatic heterocycles. The number of anilines is 3. The molecule has 0 aliphatic heterocycles. The van der Waals surface area contributed by atoms with E-state index in [1.807, 2.05) is 23.5 Å².